The number of benzene rings is 1. The molecule has 0 aliphatic heterocycles. The van der Waals surface area contributed by atoms with Crippen LogP contribution in [0.4, 0.5) is 15.8 Å². The lowest BCUT2D eigenvalue weighted by Gasteiger charge is -2.25. The van der Waals surface area contributed by atoms with Crippen molar-refractivity contribution in [2.45, 2.75) is 52.1 Å². The first-order chi connectivity index (χ1) is 9.69. The lowest BCUT2D eigenvalue weighted by atomic mass is 9.96. The Labute approximate surface area is 126 Å². The second kappa shape index (κ2) is 6.89. The molecule has 0 saturated carbocycles. The van der Waals surface area contributed by atoms with E-state index >= 15 is 0 Å². The largest absolute Gasteiger partial charge is 0.370 e. The number of anilines is 2. The molecule has 4 nitrogen and oxygen atoms in total. The summed E-state index contributed by atoms with van der Waals surface area (Å²) >= 11 is 0. The Morgan fingerprint density at radius 2 is 2.10 bits per heavy atom. The predicted molar refractivity (Wildman–Crippen MR) is 86.1 cm³/mol. The summed E-state index contributed by atoms with van der Waals surface area (Å²) in [5, 5.41) is 2.68. The van der Waals surface area contributed by atoms with Gasteiger partial charge in [0.1, 0.15) is 5.82 Å². The van der Waals surface area contributed by atoms with Gasteiger partial charge in [0.25, 0.3) is 0 Å². The number of nitrogens with zero attached hydrogens (tertiary/aromatic N) is 1. The Balaban J connectivity index is 2.88. The normalized spacial score (nSPS) is 13.9. The predicted octanol–water partition coefficient (Wildman–Crippen LogP) is 3.13. The highest BCUT2D eigenvalue weighted by Gasteiger charge is 2.27. The Bertz CT molecular complexity index is 500. The van der Waals surface area contributed by atoms with Gasteiger partial charge in [0, 0.05) is 18.8 Å². The summed E-state index contributed by atoms with van der Waals surface area (Å²) in [5.74, 6) is -0.660. The van der Waals surface area contributed by atoms with Gasteiger partial charge in [0.05, 0.1) is 11.2 Å². The molecule has 0 radical (unpaired) electrons. The van der Waals surface area contributed by atoms with Crippen molar-refractivity contribution in [3.05, 3.63) is 24.0 Å². The summed E-state index contributed by atoms with van der Waals surface area (Å²) in [6.07, 6.45) is 1.39. The van der Waals surface area contributed by atoms with Gasteiger partial charge in [-0.2, -0.15) is 0 Å². The van der Waals surface area contributed by atoms with Crippen molar-refractivity contribution < 1.29 is 9.18 Å². The van der Waals surface area contributed by atoms with Crippen molar-refractivity contribution in [1.29, 1.82) is 0 Å². The molecule has 1 amide bonds. The Kier molecular flexibility index (Phi) is 5.72. The van der Waals surface area contributed by atoms with Crippen LogP contribution in [0.15, 0.2) is 18.2 Å². The van der Waals surface area contributed by atoms with Gasteiger partial charge < -0.3 is 16.0 Å². The molecule has 118 valence electrons. The highest BCUT2D eigenvalue weighted by molar-refractivity contribution is 5.97. The fraction of sp³-hybridized carbons (Fsp3) is 0.562. The van der Waals surface area contributed by atoms with E-state index in [9.17, 15) is 9.18 Å². The minimum absolute atomic E-state index is 0.192. The molecular formula is C16H26FN3O. The zero-order valence-corrected chi connectivity index (χ0v) is 13.5. The molecule has 0 fully saturated rings. The van der Waals surface area contributed by atoms with Crippen LogP contribution in [0.5, 0.6) is 0 Å². The van der Waals surface area contributed by atoms with Crippen molar-refractivity contribution in [1.82, 2.24) is 0 Å². The molecular weight excluding hydrogens is 269 g/mol. The van der Waals surface area contributed by atoms with Crippen LogP contribution in [0, 0.1) is 5.82 Å². The Morgan fingerprint density at radius 1 is 1.48 bits per heavy atom. The number of hydrogen-bond acceptors (Lipinski definition) is 3. The fourth-order valence-corrected chi connectivity index (χ4v) is 2.06. The molecule has 0 aliphatic rings. The first-order valence-corrected chi connectivity index (χ1v) is 7.31. The maximum Gasteiger partial charge on any atom is 0.244 e. The van der Waals surface area contributed by atoms with Crippen LogP contribution in [0.2, 0.25) is 0 Å². The summed E-state index contributed by atoms with van der Waals surface area (Å²) in [7, 11) is 1.83. The van der Waals surface area contributed by atoms with Gasteiger partial charge in [-0.25, -0.2) is 4.39 Å². The second-order valence-corrected chi connectivity index (χ2v) is 5.99. The van der Waals surface area contributed by atoms with Crippen LogP contribution in [0.1, 0.15) is 40.5 Å². The van der Waals surface area contributed by atoms with Crippen molar-refractivity contribution in [3.63, 3.8) is 0 Å². The zero-order valence-electron chi connectivity index (χ0n) is 13.5. The number of amides is 1. The molecule has 21 heavy (non-hydrogen) atoms. The molecule has 3 N–H and O–H groups in total. The highest BCUT2D eigenvalue weighted by Crippen LogP contribution is 2.24. The van der Waals surface area contributed by atoms with Gasteiger partial charge in [-0.1, -0.05) is 13.3 Å². The van der Waals surface area contributed by atoms with E-state index in [1.54, 1.807) is 19.1 Å². The van der Waals surface area contributed by atoms with Gasteiger partial charge in [0.2, 0.25) is 5.91 Å². The second-order valence-electron chi connectivity index (χ2n) is 5.99. The van der Waals surface area contributed by atoms with Crippen LogP contribution >= 0.6 is 0 Å². The smallest absolute Gasteiger partial charge is 0.244 e. The molecule has 5 heteroatoms. The third-order valence-corrected chi connectivity index (χ3v) is 3.65. The molecule has 1 aromatic carbocycles. The number of hydrogen-bond donors (Lipinski definition) is 2. The van der Waals surface area contributed by atoms with Gasteiger partial charge >= 0.3 is 0 Å². The number of carbonyl (C=O) groups is 1. The lowest BCUT2D eigenvalue weighted by molar-refractivity contribution is -0.120. The average Bonchev–Trinajstić information content (AvgIpc) is 2.37. The average molecular weight is 295 g/mol. The number of carbonyl (C=O) groups excluding carboxylic acids is 1. The quantitative estimate of drug-likeness (QED) is 0.847. The summed E-state index contributed by atoms with van der Waals surface area (Å²) in [6.45, 7) is 7.62. The number of nitrogens with two attached hydrogens (primary N) is 1. The van der Waals surface area contributed by atoms with E-state index < -0.39 is 5.54 Å². The first kappa shape index (κ1) is 17.4. The standard InChI is InChI=1S/C16H26FN3O/c1-6-9-16(4,18)15(21)19-12-7-8-14(13(17)10-12)20(5)11(2)3/h7-8,10-11H,6,9,18H2,1-5H3,(H,19,21). The van der Waals surface area contributed by atoms with E-state index in [-0.39, 0.29) is 17.8 Å². The molecule has 0 aliphatic carbocycles. The molecule has 1 unspecified atom stereocenters. The fourth-order valence-electron chi connectivity index (χ4n) is 2.06. The number of halogens is 1. The SMILES string of the molecule is CCCC(C)(N)C(=O)Nc1ccc(N(C)C(C)C)c(F)c1. The first-order valence-electron chi connectivity index (χ1n) is 7.31. The van der Waals surface area contributed by atoms with E-state index in [4.69, 9.17) is 5.73 Å². The van der Waals surface area contributed by atoms with Crippen LogP contribution < -0.4 is 16.0 Å². The maximum atomic E-state index is 14.1. The molecule has 0 bridgehead atoms. The summed E-state index contributed by atoms with van der Waals surface area (Å²) in [5.41, 5.74) is 5.94. The van der Waals surface area contributed by atoms with Crippen LogP contribution in [-0.2, 0) is 4.79 Å². The lowest BCUT2D eigenvalue weighted by Crippen LogP contribution is -2.48. The van der Waals surface area contributed by atoms with Crippen molar-refractivity contribution in [3.8, 4) is 0 Å². The molecule has 0 spiro atoms. The molecule has 0 aromatic heterocycles. The number of rotatable bonds is 6. The van der Waals surface area contributed by atoms with E-state index in [0.29, 0.717) is 17.8 Å². The summed E-state index contributed by atoms with van der Waals surface area (Å²) in [6, 6.07) is 4.88. The molecule has 1 atom stereocenters. The van der Waals surface area contributed by atoms with E-state index in [0.717, 1.165) is 6.42 Å². The molecule has 1 aromatic rings. The van der Waals surface area contributed by atoms with E-state index in [1.165, 1.54) is 6.07 Å². The third kappa shape index (κ3) is 4.43. The molecule has 1 rings (SSSR count). The minimum Gasteiger partial charge on any atom is -0.370 e. The van der Waals surface area contributed by atoms with Gasteiger partial charge in [0.15, 0.2) is 0 Å². The Hall–Kier alpha value is -1.62. The van der Waals surface area contributed by atoms with Crippen molar-refractivity contribution in [2.75, 3.05) is 17.3 Å². The van der Waals surface area contributed by atoms with Gasteiger partial charge in [-0.3, -0.25) is 4.79 Å². The summed E-state index contributed by atoms with van der Waals surface area (Å²) in [4.78, 5) is 13.9. The monoisotopic (exact) mass is 295 g/mol. The molecule has 0 saturated heterocycles. The van der Waals surface area contributed by atoms with Crippen molar-refractivity contribution >= 4 is 17.3 Å². The number of nitrogens with one attached hydrogen (secondary N) is 1. The van der Waals surface area contributed by atoms with Crippen molar-refractivity contribution in [2.24, 2.45) is 5.73 Å². The van der Waals surface area contributed by atoms with Gasteiger partial charge in [-0.15, -0.1) is 0 Å². The topological polar surface area (TPSA) is 58.4 Å². The minimum atomic E-state index is -0.946. The van der Waals surface area contributed by atoms with Crippen LogP contribution in [0.3, 0.4) is 0 Å². The Morgan fingerprint density at radius 3 is 2.57 bits per heavy atom. The van der Waals surface area contributed by atoms with Gasteiger partial charge in [-0.05, 0) is 45.4 Å². The maximum absolute atomic E-state index is 14.1. The van der Waals surface area contributed by atoms with E-state index in [1.807, 2.05) is 32.7 Å². The highest BCUT2D eigenvalue weighted by atomic mass is 19.1. The van der Waals surface area contributed by atoms with E-state index in [2.05, 4.69) is 5.32 Å². The third-order valence-electron chi connectivity index (χ3n) is 3.65. The summed E-state index contributed by atoms with van der Waals surface area (Å²) < 4.78 is 14.1. The van der Waals surface area contributed by atoms with Crippen LogP contribution in [0.25, 0.3) is 0 Å². The zero-order chi connectivity index (χ0) is 16.2. The molecule has 0 heterocycles. The van der Waals surface area contributed by atoms with Crippen LogP contribution in [-0.4, -0.2) is 24.5 Å².